The van der Waals surface area contributed by atoms with Crippen LogP contribution in [-0.4, -0.2) is 35.5 Å². The molecule has 0 aliphatic heterocycles. The Kier molecular flexibility index (Phi) is 3.87. The molecular weight excluding hydrogens is 206 g/mol. The average molecular weight is 217 g/mol. The number of halogens is 4. The van der Waals surface area contributed by atoms with Gasteiger partial charge in [0.05, 0.1) is 12.6 Å². The molecule has 1 atom stereocenters. The first kappa shape index (κ1) is 13.2. The van der Waals surface area contributed by atoms with Gasteiger partial charge in [-0.1, -0.05) is 0 Å². The second kappa shape index (κ2) is 4.12. The topological polar surface area (TPSA) is 49.3 Å². The number of carboxylic acid groups (broad SMARTS) is 1. The van der Waals surface area contributed by atoms with Gasteiger partial charge in [0, 0.05) is 6.92 Å². The van der Waals surface area contributed by atoms with E-state index in [9.17, 15) is 22.4 Å². The van der Waals surface area contributed by atoms with Crippen LogP contribution < -0.4 is 5.32 Å². The first-order valence-corrected chi connectivity index (χ1v) is 3.80. The van der Waals surface area contributed by atoms with E-state index in [1.54, 1.807) is 5.32 Å². The Morgan fingerprint density at radius 3 is 2.14 bits per heavy atom. The third-order valence-electron chi connectivity index (χ3n) is 1.70. The Bertz CT molecular complexity index is 214. The van der Waals surface area contributed by atoms with Gasteiger partial charge in [-0.05, 0) is 6.92 Å². The maximum Gasteiger partial charge on any atom is 0.375 e. The minimum Gasteiger partial charge on any atom is -0.477 e. The zero-order chi connectivity index (χ0) is 11.6. The molecule has 2 N–H and O–H groups in total. The summed E-state index contributed by atoms with van der Waals surface area (Å²) in [6.45, 7) is 0.244. The van der Waals surface area contributed by atoms with Crippen LogP contribution in [0.15, 0.2) is 0 Å². The zero-order valence-corrected chi connectivity index (χ0v) is 7.65. The highest BCUT2D eigenvalue weighted by Gasteiger charge is 2.40. The number of alkyl halides is 4. The van der Waals surface area contributed by atoms with Crippen molar-refractivity contribution in [3.63, 3.8) is 0 Å². The van der Waals surface area contributed by atoms with Crippen LogP contribution >= 0.6 is 0 Å². The number of carbonyl (C=O) groups is 1. The predicted molar refractivity (Wildman–Crippen MR) is 40.7 cm³/mol. The lowest BCUT2D eigenvalue weighted by atomic mass is 10.2. The number of hydrogen-bond donors (Lipinski definition) is 2. The van der Waals surface area contributed by atoms with Gasteiger partial charge in [0.1, 0.15) is 0 Å². The highest BCUT2D eigenvalue weighted by Crippen LogP contribution is 2.18. The summed E-state index contributed by atoms with van der Waals surface area (Å²) in [4.78, 5) is 9.91. The Labute approximate surface area is 78.1 Å². The lowest BCUT2D eigenvalue weighted by Gasteiger charge is -2.22. The van der Waals surface area contributed by atoms with Crippen LogP contribution in [0.1, 0.15) is 13.8 Å². The van der Waals surface area contributed by atoms with Crippen LogP contribution in [0, 0.1) is 0 Å². The molecule has 0 aromatic heterocycles. The van der Waals surface area contributed by atoms with Gasteiger partial charge in [0.15, 0.2) is 0 Å². The lowest BCUT2D eigenvalue weighted by molar-refractivity contribution is -0.164. The average Bonchev–Trinajstić information content (AvgIpc) is 1.98. The Morgan fingerprint density at radius 2 is 1.86 bits per heavy atom. The van der Waals surface area contributed by atoms with Crippen molar-refractivity contribution in [3.05, 3.63) is 0 Å². The summed E-state index contributed by atoms with van der Waals surface area (Å²) in [7, 11) is 0. The van der Waals surface area contributed by atoms with Crippen LogP contribution in [0.4, 0.5) is 17.6 Å². The quantitative estimate of drug-likeness (QED) is 0.683. The van der Waals surface area contributed by atoms with Gasteiger partial charge in [0.2, 0.25) is 0 Å². The van der Waals surface area contributed by atoms with Gasteiger partial charge in [-0.3, -0.25) is 0 Å². The summed E-state index contributed by atoms with van der Waals surface area (Å²) in [5, 5.41) is 9.74. The molecular formula is C7H11F4NO2. The number of carboxylic acids is 1. The highest BCUT2D eigenvalue weighted by molar-refractivity contribution is 5.75. The molecule has 0 radical (unpaired) electrons. The summed E-state index contributed by atoms with van der Waals surface area (Å²) >= 11 is 0. The van der Waals surface area contributed by atoms with Crippen molar-refractivity contribution in [2.75, 3.05) is 6.54 Å². The molecule has 0 aromatic rings. The number of hydrogen-bond acceptors (Lipinski definition) is 2. The Morgan fingerprint density at radius 1 is 1.43 bits per heavy atom. The molecule has 0 aliphatic carbocycles. The van der Waals surface area contributed by atoms with E-state index in [0.717, 1.165) is 6.92 Å². The summed E-state index contributed by atoms with van der Waals surface area (Å²) < 4.78 is 49.7. The second-order valence-electron chi connectivity index (χ2n) is 3.07. The smallest absolute Gasteiger partial charge is 0.375 e. The normalized spacial score (nSPS) is 15.3. The molecule has 0 bridgehead atoms. The van der Waals surface area contributed by atoms with E-state index in [1.165, 1.54) is 0 Å². The van der Waals surface area contributed by atoms with Gasteiger partial charge in [0.25, 0.3) is 5.92 Å². The van der Waals surface area contributed by atoms with E-state index >= 15 is 0 Å². The standard InChI is InChI=1S/C7H11F4NO2/c1-4(6(2,8)9)12-3-7(10,11)5(13)14/h4,12H,3H2,1-2H3,(H,13,14). The third kappa shape index (κ3) is 3.91. The van der Waals surface area contributed by atoms with Crippen molar-refractivity contribution in [2.45, 2.75) is 31.7 Å². The molecule has 1 unspecified atom stereocenters. The molecule has 0 aliphatic rings. The molecule has 84 valence electrons. The summed E-state index contributed by atoms with van der Waals surface area (Å²) in [5.41, 5.74) is 0. The Balaban J connectivity index is 4.13. The maximum absolute atomic E-state index is 12.4. The number of aliphatic carboxylic acids is 1. The van der Waals surface area contributed by atoms with Crippen LogP contribution in [0.3, 0.4) is 0 Å². The number of nitrogens with one attached hydrogen (secondary N) is 1. The van der Waals surface area contributed by atoms with E-state index in [2.05, 4.69) is 0 Å². The SMILES string of the molecule is CC(NCC(F)(F)C(=O)O)C(C)(F)F. The minimum atomic E-state index is -4.03. The fraction of sp³-hybridized carbons (Fsp3) is 0.857. The summed E-state index contributed by atoms with van der Waals surface area (Å²) in [6, 6.07) is -1.51. The van der Waals surface area contributed by atoms with Crippen LogP contribution in [0.2, 0.25) is 0 Å². The zero-order valence-electron chi connectivity index (χ0n) is 7.65. The van der Waals surface area contributed by atoms with Gasteiger partial charge >= 0.3 is 11.9 Å². The molecule has 0 heterocycles. The van der Waals surface area contributed by atoms with Crippen molar-refractivity contribution >= 4 is 5.97 Å². The van der Waals surface area contributed by atoms with E-state index in [4.69, 9.17) is 5.11 Å². The van der Waals surface area contributed by atoms with E-state index < -0.39 is 30.4 Å². The molecule has 3 nitrogen and oxygen atoms in total. The van der Waals surface area contributed by atoms with E-state index in [0.29, 0.717) is 6.92 Å². The largest absolute Gasteiger partial charge is 0.477 e. The summed E-state index contributed by atoms with van der Waals surface area (Å²) in [6.07, 6.45) is 0. The van der Waals surface area contributed by atoms with Crippen molar-refractivity contribution in [2.24, 2.45) is 0 Å². The van der Waals surface area contributed by atoms with Crippen molar-refractivity contribution in [3.8, 4) is 0 Å². The van der Waals surface area contributed by atoms with Gasteiger partial charge in [-0.15, -0.1) is 0 Å². The number of rotatable bonds is 5. The molecule has 0 saturated heterocycles. The first-order valence-electron chi connectivity index (χ1n) is 3.80. The molecule has 0 rings (SSSR count). The summed E-state index contributed by atoms with van der Waals surface area (Å²) in [5.74, 6) is -9.54. The van der Waals surface area contributed by atoms with Crippen LogP contribution in [-0.2, 0) is 4.79 Å². The first-order chi connectivity index (χ1) is 6.07. The lowest BCUT2D eigenvalue weighted by Crippen LogP contribution is -2.48. The second-order valence-corrected chi connectivity index (χ2v) is 3.07. The van der Waals surface area contributed by atoms with Crippen molar-refractivity contribution < 1.29 is 27.5 Å². The van der Waals surface area contributed by atoms with E-state index in [1.807, 2.05) is 0 Å². The van der Waals surface area contributed by atoms with Crippen molar-refractivity contribution in [1.29, 1.82) is 0 Å². The molecule has 14 heavy (non-hydrogen) atoms. The van der Waals surface area contributed by atoms with Gasteiger partial charge < -0.3 is 10.4 Å². The van der Waals surface area contributed by atoms with Gasteiger partial charge in [-0.25, -0.2) is 13.6 Å². The van der Waals surface area contributed by atoms with Crippen LogP contribution in [0.25, 0.3) is 0 Å². The van der Waals surface area contributed by atoms with Gasteiger partial charge in [-0.2, -0.15) is 8.78 Å². The molecule has 7 heteroatoms. The molecule has 0 amide bonds. The highest BCUT2D eigenvalue weighted by atomic mass is 19.3. The molecule has 0 aromatic carbocycles. The minimum absolute atomic E-state index is 0.559. The van der Waals surface area contributed by atoms with Crippen LogP contribution in [0.5, 0.6) is 0 Å². The fourth-order valence-corrected chi connectivity index (χ4v) is 0.536. The van der Waals surface area contributed by atoms with E-state index in [-0.39, 0.29) is 0 Å². The molecule has 0 spiro atoms. The Hall–Kier alpha value is -0.850. The fourth-order valence-electron chi connectivity index (χ4n) is 0.536. The molecule has 0 saturated carbocycles. The maximum atomic E-state index is 12.4. The third-order valence-corrected chi connectivity index (χ3v) is 1.70. The molecule has 0 fully saturated rings. The van der Waals surface area contributed by atoms with Crippen molar-refractivity contribution in [1.82, 2.24) is 5.32 Å². The predicted octanol–water partition coefficient (Wildman–Crippen LogP) is 1.34. The monoisotopic (exact) mass is 217 g/mol.